The van der Waals surface area contributed by atoms with Crippen LogP contribution in [0.4, 0.5) is 0 Å². The third kappa shape index (κ3) is 3.22. The van der Waals surface area contributed by atoms with Crippen molar-refractivity contribution in [1.29, 1.82) is 0 Å². The van der Waals surface area contributed by atoms with Crippen LogP contribution in [0.1, 0.15) is 24.6 Å². The molecule has 0 saturated heterocycles. The Labute approximate surface area is 110 Å². The third-order valence-corrected chi connectivity index (χ3v) is 5.03. The van der Waals surface area contributed by atoms with Crippen LogP contribution in [0.5, 0.6) is 5.06 Å². The summed E-state index contributed by atoms with van der Waals surface area (Å²) in [6.45, 7) is 4.42. The van der Waals surface area contributed by atoms with Crippen molar-refractivity contribution in [2.45, 2.75) is 26.3 Å². The van der Waals surface area contributed by atoms with E-state index >= 15 is 0 Å². The van der Waals surface area contributed by atoms with Crippen LogP contribution in [0, 0.1) is 11.8 Å². The van der Waals surface area contributed by atoms with Gasteiger partial charge in [-0.05, 0) is 53.2 Å². The largest absolute Gasteiger partial charge is 0.486 e. The summed E-state index contributed by atoms with van der Waals surface area (Å²) < 4.78 is 6.31. The topological polar surface area (TPSA) is 21.3 Å². The Morgan fingerprint density at radius 1 is 1.62 bits per heavy atom. The van der Waals surface area contributed by atoms with Crippen LogP contribution in [-0.2, 0) is 6.54 Å². The van der Waals surface area contributed by atoms with Gasteiger partial charge >= 0.3 is 0 Å². The summed E-state index contributed by atoms with van der Waals surface area (Å²) in [5, 5.41) is 4.49. The average Bonchev–Trinajstić information content (AvgIpc) is 3.04. The van der Waals surface area contributed by atoms with E-state index in [1.807, 2.05) is 0 Å². The second-order valence-electron chi connectivity index (χ2n) is 4.50. The van der Waals surface area contributed by atoms with E-state index in [9.17, 15) is 0 Å². The minimum atomic E-state index is 0.824. The van der Waals surface area contributed by atoms with E-state index in [1.165, 1.54) is 17.7 Å². The summed E-state index contributed by atoms with van der Waals surface area (Å²) in [7, 11) is 1.71. The van der Waals surface area contributed by atoms with Crippen molar-refractivity contribution >= 4 is 27.3 Å². The predicted octanol–water partition coefficient (Wildman–Crippen LogP) is 3.65. The first-order valence-corrected chi connectivity index (χ1v) is 7.34. The number of ether oxygens (including phenoxy) is 1. The van der Waals surface area contributed by atoms with Gasteiger partial charge in [-0.2, -0.15) is 0 Å². The molecule has 1 unspecified atom stereocenters. The lowest BCUT2D eigenvalue weighted by molar-refractivity contribution is 0.425. The molecule has 1 atom stereocenters. The van der Waals surface area contributed by atoms with Crippen LogP contribution in [-0.4, -0.2) is 13.7 Å². The van der Waals surface area contributed by atoms with Gasteiger partial charge in [-0.1, -0.05) is 6.92 Å². The van der Waals surface area contributed by atoms with Crippen molar-refractivity contribution in [3.05, 3.63) is 15.4 Å². The highest BCUT2D eigenvalue weighted by Crippen LogP contribution is 2.36. The highest BCUT2D eigenvalue weighted by Gasteiger charge is 2.27. The van der Waals surface area contributed by atoms with Crippen molar-refractivity contribution in [2.75, 3.05) is 13.7 Å². The van der Waals surface area contributed by atoms with Gasteiger partial charge in [-0.3, -0.25) is 0 Å². The highest BCUT2D eigenvalue weighted by molar-refractivity contribution is 9.10. The number of nitrogens with one attached hydrogen (secondary N) is 1. The molecule has 1 saturated carbocycles. The molecule has 90 valence electrons. The predicted molar refractivity (Wildman–Crippen MR) is 72.2 cm³/mol. The van der Waals surface area contributed by atoms with Crippen LogP contribution in [0.15, 0.2) is 10.5 Å². The van der Waals surface area contributed by atoms with Crippen LogP contribution < -0.4 is 10.1 Å². The molecular weight excluding hydrogens is 286 g/mol. The van der Waals surface area contributed by atoms with Crippen molar-refractivity contribution in [1.82, 2.24) is 5.32 Å². The fourth-order valence-corrected chi connectivity index (χ4v) is 3.54. The van der Waals surface area contributed by atoms with Gasteiger partial charge in [0.1, 0.15) is 0 Å². The summed E-state index contributed by atoms with van der Waals surface area (Å²) in [5.41, 5.74) is 0. The molecule has 1 aromatic rings. The minimum Gasteiger partial charge on any atom is -0.486 e. The van der Waals surface area contributed by atoms with Gasteiger partial charge in [-0.25, -0.2) is 0 Å². The highest BCUT2D eigenvalue weighted by atomic mass is 79.9. The summed E-state index contributed by atoms with van der Waals surface area (Å²) >= 11 is 5.19. The molecule has 0 spiro atoms. The van der Waals surface area contributed by atoms with Gasteiger partial charge in [0, 0.05) is 11.4 Å². The lowest BCUT2D eigenvalue weighted by Gasteiger charge is -2.10. The smallest absolute Gasteiger partial charge is 0.188 e. The molecule has 2 nitrogen and oxygen atoms in total. The molecule has 1 aliphatic rings. The molecule has 1 heterocycles. The quantitative estimate of drug-likeness (QED) is 0.866. The molecule has 2 rings (SSSR count). The molecule has 1 N–H and O–H groups in total. The molecule has 0 radical (unpaired) electrons. The molecule has 16 heavy (non-hydrogen) atoms. The first kappa shape index (κ1) is 12.4. The number of hydrogen-bond acceptors (Lipinski definition) is 3. The fourth-order valence-electron chi connectivity index (χ4n) is 1.88. The van der Waals surface area contributed by atoms with E-state index in [0.29, 0.717) is 0 Å². The SMILES string of the molecule is COc1sc(CNCC(C)C2CC2)cc1Br. The van der Waals surface area contributed by atoms with Crippen LogP contribution in [0.2, 0.25) is 0 Å². The summed E-state index contributed by atoms with van der Waals surface area (Å²) in [4.78, 5) is 1.33. The Bertz CT molecular complexity index is 349. The molecule has 0 aromatic carbocycles. The maximum absolute atomic E-state index is 5.25. The number of methoxy groups -OCH3 is 1. The second-order valence-corrected chi connectivity index (χ2v) is 6.45. The number of hydrogen-bond donors (Lipinski definition) is 1. The van der Waals surface area contributed by atoms with Crippen LogP contribution in [0.3, 0.4) is 0 Å². The molecule has 1 fully saturated rings. The van der Waals surface area contributed by atoms with E-state index < -0.39 is 0 Å². The molecule has 4 heteroatoms. The van der Waals surface area contributed by atoms with E-state index in [2.05, 4.69) is 34.2 Å². The van der Waals surface area contributed by atoms with Gasteiger partial charge in [0.2, 0.25) is 0 Å². The van der Waals surface area contributed by atoms with Crippen molar-refractivity contribution in [3.8, 4) is 5.06 Å². The Kier molecular flexibility index (Phi) is 4.27. The summed E-state index contributed by atoms with van der Waals surface area (Å²) in [5.74, 6) is 1.81. The maximum Gasteiger partial charge on any atom is 0.188 e. The Morgan fingerprint density at radius 2 is 2.38 bits per heavy atom. The number of rotatable bonds is 6. The number of thiophene rings is 1. The Hall–Kier alpha value is -0.0600. The third-order valence-electron chi connectivity index (χ3n) is 3.08. The van der Waals surface area contributed by atoms with Crippen LogP contribution >= 0.6 is 27.3 Å². The van der Waals surface area contributed by atoms with E-state index in [1.54, 1.807) is 18.4 Å². The lowest BCUT2D eigenvalue weighted by atomic mass is 10.1. The first-order chi connectivity index (χ1) is 7.70. The molecule has 1 aliphatic carbocycles. The van der Waals surface area contributed by atoms with E-state index in [-0.39, 0.29) is 0 Å². The fraction of sp³-hybridized carbons (Fsp3) is 0.667. The molecule has 0 bridgehead atoms. The van der Waals surface area contributed by atoms with Crippen molar-refractivity contribution < 1.29 is 4.74 Å². The zero-order valence-corrected chi connectivity index (χ0v) is 12.2. The average molecular weight is 304 g/mol. The molecule has 0 aliphatic heterocycles. The van der Waals surface area contributed by atoms with Crippen LogP contribution in [0.25, 0.3) is 0 Å². The van der Waals surface area contributed by atoms with E-state index in [0.717, 1.165) is 34.5 Å². The van der Waals surface area contributed by atoms with Crippen molar-refractivity contribution in [2.24, 2.45) is 11.8 Å². The van der Waals surface area contributed by atoms with Gasteiger partial charge in [0.25, 0.3) is 0 Å². The van der Waals surface area contributed by atoms with Gasteiger partial charge in [0.15, 0.2) is 5.06 Å². The van der Waals surface area contributed by atoms with Crippen molar-refractivity contribution in [3.63, 3.8) is 0 Å². The van der Waals surface area contributed by atoms with E-state index in [4.69, 9.17) is 4.74 Å². The Morgan fingerprint density at radius 3 is 2.94 bits per heavy atom. The first-order valence-electron chi connectivity index (χ1n) is 5.73. The molecule has 1 aromatic heterocycles. The second kappa shape index (κ2) is 5.52. The molecular formula is C12H18BrNOS. The number of halogens is 1. The minimum absolute atomic E-state index is 0.824. The lowest BCUT2D eigenvalue weighted by Crippen LogP contribution is -2.21. The van der Waals surface area contributed by atoms with Gasteiger partial charge in [-0.15, -0.1) is 11.3 Å². The Balaban J connectivity index is 1.75. The zero-order chi connectivity index (χ0) is 11.5. The van der Waals surface area contributed by atoms with Gasteiger partial charge < -0.3 is 10.1 Å². The molecule has 0 amide bonds. The summed E-state index contributed by atoms with van der Waals surface area (Å²) in [6.07, 6.45) is 2.86. The van der Waals surface area contributed by atoms with Gasteiger partial charge in [0.05, 0.1) is 11.6 Å². The maximum atomic E-state index is 5.25. The normalized spacial score (nSPS) is 17.4. The zero-order valence-electron chi connectivity index (χ0n) is 9.75. The monoisotopic (exact) mass is 303 g/mol. The summed E-state index contributed by atoms with van der Waals surface area (Å²) in [6, 6.07) is 2.14. The standard InChI is InChI=1S/C12H18BrNOS/c1-8(9-3-4-9)6-14-7-10-5-11(13)12(15-2)16-10/h5,8-9,14H,3-4,6-7H2,1-2H3.